The second kappa shape index (κ2) is 9.50. The van der Waals surface area contributed by atoms with Crippen molar-refractivity contribution in [3.05, 3.63) is 114 Å². The van der Waals surface area contributed by atoms with Gasteiger partial charge in [-0.2, -0.15) is 0 Å². The zero-order chi connectivity index (χ0) is 22.7. The van der Waals surface area contributed by atoms with Gasteiger partial charge in [-0.05, 0) is 60.0 Å². The van der Waals surface area contributed by atoms with Crippen LogP contribution in [0.15, 0.2) is 108 Å². The Morgan fingerprint density at radius 1 is 0.636 bits per heavy atom. The molecule has 2 unspecified atom stereocenters. The van der Waals surface area contributed by atoms with Crippen LogP contribution in [0.2, 0.25) is 0 Å². The van der Waals surface area contributed by atoms with Gasteiger partial charge in [0, 0.05) is 0 Å². The van der Waals surface area contributed by atoms with E-state index in [2.05, 4.69) is 35.2 Å². The van der Waals surface area contributed by atoms with E-state index in [1.165, 1.54) is 6.42 Å². The van der Waals surface area contributed by atoms with E-state index in [-0.39, 0.29) is 6.04 Å². The Morgan fingerprint density at radius 3 is 1.97 bits per heavy atom. The van der Waals surface area contributed by atoms with Crippen molar-refractivity contribution in [3.8, 4) is 0 Å². The minimum Gasteiger partial charge on any atom is -0.295 e. The van der Waals surface area contributed by atoms with Gasteiger partial charge in [0.1, 0.15) is 5.25 Å². The molecule has 0 bridgehead atoms. The summed E-state index contributed by atoms with van der Waals surface area (Å²) in [6.07, 6.45) is 3.38. The lowest BCUT2D eigenvalue weighted by Crippen LogP contribution is -2.39. The van der Waals surface area contributed by atoms with Crippen LogP contribution >= 0.6 is 0 Å². The van der Waals surface area contributed by atoms with Crippen molar-refractivity contribution in [2.45, 2.75) is 35.4 Å². The van der Waals surface area contributed by atoms with Crippen LogP contribution in [-0.2, 0) is 9.84 Å². The molecule has 1 saturated heterocycles. The molecule has 4 heteroatoms. The molecule has 0 spiro atoms. The first kappa shape index (κ1) is 21.9. The summed E-state index contributed by atoms with van der Waals surface area (Å²) in [5.41, 5.74) is 1.92. The highest BCUT2D eigenvalue weighted by Crippen LogP contribution is 2.45. The number of sulfone groups is 1. The molecular formula is C29H29NO2S. The van der Waals surface area contributed by atoms with Gasteiger partial charge in [-0.15, -0.1) is 0 Å². The summed E-state index contributed by atoms with van der Waals surface area (Å²) in [5, 5.41) is 1.56. The van der Waals surface area contributed by atoms with Crippen LogP contribution in [0, 0.1) is 0 Å². The first-order chi connectivity index (χ1) is 16.2. The van der Waals surface area contributed by atoms with Crippen LogP contribution in [0.25, 0.3) is 10.8 Å². The molecule has 4 aromatic carbocycles. The Balaban J connectivity index is 1.77. The molecule has 5 rings (SSSR count). The van der Waals surface area contributed by atoms with Crippen molar-refractivity contribution in [2.75, 3.05) is 13.1 Å². The minimum absolute atomic E-state index is 0.274. The summed E-state index contributed by atoms with van der Waals surface area (Å²) in [7, 11) is -3.66. The Bertz CT molecular complexity index is 1310. The molecule has 0 aliphatic carbocycles. The van der Waals surface area contributed by atoms with Crippen LogP contribution in [0.1, 0.15) is 41.7 Å². The van der Waals surface area contributed by atoms with Crippen LogP contribution in [0.4, 0.5) is 0 Å². The highest BCUT2D eigenvalue weighted by atomic mass is 32.2. The lowest BCUT2D eigenvalue weighted by Gasteiger charge is -2.40. The smallest absolute Gasteiger partial charge is 0.187 e. The lowest BCUT2D eigenvalue weighted by atomic mass is 9.91. The number of likely N-dealkylation sites (tertiary alicyclic amines) is 1. The van der Waals surface area contributed by atoms with E-state index in [0.717, 1.165) is 47.8 Å². The van der Waals surface area contributed by atoms with Crippen LogP contribution in [0.3, 0.4) is 0 Å². The van der Waals surface area contributed by atoms with Gasteiger partial charge in [-0.1, -0.05) is 97.4 Å². The maximum Gasteiger partial charge on any atom is 0.187 e. The summed E-state index contributed by atoms with van der Waals surface area (Å²) in [5.74, 6) is 0. The van der Waals surface area contributed by atoms with Crippen molar-refractivity contribution in [1.29, 1.82) is 0 Å². The molecule has 33 heavy (non-hydrogen) atoms. The van der Waals surface area contributed by atoms with Crippen molar-refractivity contribution in [3.63, 3.8) is 0 Å². The molecule has 3 nitrogen and oxygen atoms in total. The summed E-state index contributed by atoms with van der Waals surface area (Å²) in [6.45, 7) is 1.81. The molecule has 4 aromatic rings. The number of nitrogens with zero attached hydrogens (tertiary/aromatic N) is 1. The summed E-state index contributed by atoms with van der Waals surface area (Å²) >= 11 is 0. The third kappa shape index (κ3) is 4.33. The van der Waals surface area contributed by atoms with Gasteiger partial charge in [-0.3, -0.25) is 4.90 Å². The van der Waals surface area contributed by atoms with E-state index in [4.69, 9.17) is 0 Å². The highest BCUT2D eigenvalue weighted by molar-refractivity contribution is 7.91. The third-order valence-electron chi connectivity index (χ3n) is 6.75. The second-order valence-electron chi connectivity index (χ2n) is 8.80. The van der Waals surface area contributed by atoms with Gasteiger partial charge in [0.15, 0.2) is 9.84 Å². The molecule has 0 aromatic heterocycles. The molecule has 0 radical (unpaired) electrons. The highest BCUT2D eigenvalue weighted by Gasteiger charge is 2.41. The number of hydrogen-bond donors (Lipinski definition) is 0. The number of rotatable bonds is 6. The predicted octanol–water partition coefficient (Wildman–Crippen LogP) is 6.58. The quantitative estimate of drug-likeness (QED) is 0.329. The Hall–Kier alpha value is -2.95. The SMILES string of the molecule is O=S(=O)(c1ccccc1)C(c1ccccc1)C(c1cccc2ccccc12)N1CCCCC1. The first-order valence-corrected chi connectivity index (χ1v) is 13.3. The fourth-order valence-corrected chi connectivity index (χ4v) is 7.19. The Labute approximate surface area is 196 Å². The molecule has 0 amide bonds. The van der Waals surface area contributed by atoms with Crippen molar-refractivity contribution >= 4 is 20.6 Å². The predicted molar refractivity (Wildman–Crippen MR) is 135 cm³/mol. The van der Waals surface area contributed by atoms with Gasteiger partial charge < -0.3 is 0 Å². The second-order valence-corrected chi connectivity index (χ2v) is 10.9. The van der Waals surface area contributed by atoms with E-state index < -0.39 is 15.1 Å². The number of hydrogen-bond acceptors (Lipinski definition) is 3. The van der Waals surface area contributed by atoms with E-state index in [0.29, 0.717) is 4.90 Å². The van der Waals surface area contributed by atoms with Gasteiger partial charge in [-0.25, -0.2) is 8.42 Å². The van der Waals surface area contributed by atoms with E-state index in [9.17, 15) is 8.42 Å². The molecule has 1 aliphatic heterocycles. The first-order valence-electron chi connectivity index (χ1n) is 11.7. The zero-order valence-electron chi connectivity index (χ0n) is 18.7. The molecular weight excluding hydrogens is 426 g/mol. The topological polar surface area (TPSA) is 37.4 Å². The molecule has 1 heterocycles. The monoisotopic (exact) mass is 455 g/mol. The van der Waals surface area contributed by atoms with E-state index >= 15 is 0 Å². The molecule has 1 aliphatic rings. The molecule has 0 N–H and O–H groups in total. The average molecular weight is 456 g/mol. The van der Waals surface area contributed by atoms with E-state index in [1.54, 1.807) is 12.1 Å². The number of benzene rings is 4. The van der Waals surface area contributed by atoms with Gasteiger partial charge in [0.2, 0.25) is 0 Å². The Kier molecular flexibility index (Phi) is 6.30. The maximum absolute atomic E-state index is 14.3. The summed E-state index contributed by atoms with van der Waals surface area (Å²) < 4.78 is 28.6. The lowest BCUT2D eigenvalue weighted by molar-refractivity contribution is 0.159. The standard InChI is InChI=1S/C29H29NO2S/c31-33(32,25-17-6-2-7-18-25)29(24-14-4-1-5-15-24)28(30-21-10-3-11-22-30)27-20-12-16-23-13-8-9-19-26(23)27/h1-2,4-9,12-20,28-29H,3,10-11,21-22H2. The molecule has 1 fully saturated rings. The molecule has 0 saturated carbocycles. The minimum atomic E-state index is -3.66. The number of piperidine rings is 1. The van der Waals surface area contributed by atoms with Crippen LogP contribution in [-0.4, -0.2) is 26.4 Å². The average Bonchev–Trinajstić information content (AvgIpc) is 2.88. The Morgan fingerprint density at radius 2 is 1.24 bits per heavy atom. The van der Waals surface area contributed by atoms with Gasteiger partial charge in [0.05, 0.1) is 10.9 Å². The van der Waals surface area contributed by atoms with Crippen LogP contribution in [0.5, 0.6) is 0 Å². The molecule has 168 valence electrons. The van der Waals surface area contributed by atoms with Crippen molar-refractivity contribution in [2.24, 2.45) is 0 Å². The largest absolute Gasteiger partial charge is 0.295 e. The number of fused-ring (bicyclic) bond motifs is 1. The molecule has 2 atom stereocenters. The fraction of sp³-hybridized carbons (Fsp3) is 0.241. The van der Waals surface area contributed by atoms with Crippen molar-refractivity contribution < 1.29 is 8.42 Å². The van der Waals surface area contributed by atoms with Crippen molar-refractivity contribution in [1.82, 2.24) is 4.90 Å². The maximum atomic E-state index is 14.3. The summed E-state index contributed by atoms with van der Waals surface area (Å²) in [6, 6.07) is 33.0. The third-order valence-corrected chi connectivity index (χ3v) is 8.87. The zero-order valence-corrected chi connectivity index (χ0v) is 19.5. The fourth-order valence-electron chi connectivity index (χ4n) is 5.19. The normalized spacial score (nSPS) is 17.0. The summed E-state index contributed by atoms with van der Waals surface area (Å²) in [4.78, 5) is 2.78. The van der Waals surface area contributed by atoms with E-state index in [1.807, 2.05) is 60.7 Å². The van der Waals surface area contributed by atoms with Gasteiger partial charge in [0.25, 0.3) is 0 Å². The van der Waals surface area contributed by atoms with Gasteiger partial charge >= 0.3 is 0 Å². The van der Waals surface area contributed by atoms with Crippen LogP contribution < -0.4 is 0 Å².